The van der Waals surface area contributed by atoms with Gasteiger partial charge in [-0.3, -0.25) is 4.99 Å². The summed E-state index contributed by atoms with van der Waals surface area (Å²) in [5, 5.41) is 11.1. The molecule has 7 nitrogen and oxygen atoms in total. The molecule has 0 saturated carbocycles. The summed E-state index contributed by atoms with van der Waals surface area (Å²) in [7, 11) is 0. The molecule has 134 valence electrons. The van der Waals surface area contributed by atoms with Crippen molar-refractivity contribution >= 4 is 29.9 Å². The molecule has 0 fully saturated rings. The molecule has 0 aromatic carbocycles. The molecule has 0 saturated heterocycles. The van der Waals surface area contributed by atoms with E-state index in [0.717, 1.165) is 70.3 Å². The van der Waals surface area contributed by atoms with Gasteiger partial charge in [0.05, 0.1) is 19.8 Å². The number of halogens is 1. The fraction of sp³-hybridized carbons (Fsp3) is 0.688. The van der Waals surface area contributed by atoms with Crippen molar-refractivity contribution in [2.75, 3.05) is 26.3 Å². The van der Waals surface area contributed by atoms with Gasteiger partial charge in [0.1, 0.15) is 12.2 Å². The molecule has 3 rings (SSSR count). The monoisotopic (exact) mass is 446 g/mol. The van der Waals surface area contributed by atoms with Crippen molar-refractivity contribution in [1.29, 1.82) is 0 Å². The van der Waals surface area contributed by atoms with Crippen LogP contribution in [0.15, 0.2) is 23.0 Å². The number of nitrogens with one attached hydrogen (secondary N) is 2. The number of aryl methyl sites for hydroxylation is 1. The molecule has 1 unspecified atom stereocenters. The van der Waals surface area contributed by atoms with Crippen molar-refractivity contribution in [3.05, 3.63) is 23.8 Å². The molecule has 0 bridgehead atoms. The first-order chi connectivity index (χ1) is 11.3. The van der Waals surface area contributed by atoms with Crippen LogP contribution in [0.25, 0.3) is 0 Å². The predicted molar refractivity (Wildman–Crippen MR) is 105 cm³/mol. The molecule has 2 aliphatic rings. The zero-order chi connectivity index (χ0) is 15.9. The minimum absolute atomic E-state index is 0. The van der Waals surface area contributed by atoms with Crippen LogP contribution in [0.2, 0.25) is 0 Å². The second-order valence-corrected chi connectivity index (χ2v) is 5.94. The molecule has 3 heterocycles. The molecule has 2 aliphatic heterocycles. The molecule has 8 heteroatoms. The van der Waals surface area contributed by atoms with E-state index in [9.17, 15) is 0 Å². The maximum Gasteiger partial charge on any atom is 0.191 e. The van der Waals surface area contributed by atoms with Gasteiger partial charge in [-0.1, -0.05) is 11.6 Å². The molecular weight excluding hydrogens is 419 g/mol. The van der Waals surface area contributed by atoms with Gasteiger partial charge in [0.15, 0.2) is 5.96 Å². The number of hydrogen-bond acceptors (Lipinski definition) is 4. The molecule has 0 aliphatic carbocycles. The van der Waals surface area contributed by atoms with Crippen LogP contribution in [0.5, 0.6) is 0 Å². The third-order valence-corrected chi connectivity index (χ3v) is 4.25. The van der Waals surface area contributed by atoms with Gasteiger partial charge in [0, 0.05) is 25.6 Å². The summed E-state index contributed by atoms with van der Waals surface area (Å²) in [6.45, 7) is 6.21. The second kappa shape index (κ2) is 9.97. The minimum Gasteiger partial charge on any atom is -0.377 e. The van der Waals surface area contributed by atoms with Crippen LogP contribution in [-0.2, 0) is 17.7 Å². The van der Waals surface area contributed by atoms with E-state index in [0.29, 0.717) is 6.04 Å². The highest BCUT2D eigenvalue weighted by molar-refractivity contribution is 14.0. The Labute approximate surface area is 160 Å². The highest BCUT2D eigenvalue weighted by Crippen LogP contribution is 2.12. The Morgan fingerprint density at radius 3 is 3.17 bits per heavy atom. The Kier molecular flexibility index (Phi) is 7.97. The van der Waals surface area contributed by atoms with Gasteiger partial charge >= 0.3 is 0 Å². The van der Waals surface area contributed by atoms with Crippen LogP contribution in [0.3, 0.4) is 0 Å². The Morgan fingerprint density at radius 1 is 1.46 bits per heavy atom. The minimum atomic E-state index is 0. The summed E-state index contributed by atoms with van der Waals surface area (Å²) in [4.78, 5) is 8.98. The standard InChI is InChI=1S/C16H26N6O.HI/c1-2-17-16(18-8-5-13-6-9-23-10-7-13)21-14-3-4-15-19-12-20-22(15)11-14;/h6,12,14H,2-5,7-11H2,1H3,(H2,17,18,21);1H. The maximum absolute atomic E-state index is 5.34. The number of aliphatic imine (C=N–C) groups is 1. The van der Waals surface area contributed by atoms with Crippen LogP contribution >= 0.6 is 24.0 Å². The second-order valence-electron chi connectivity index (χ2n) is 5.94. The summed E-state index contributed by atoms with van der Waals surface area (Å²) in [6, 6.07) is 0.351. The van der Waals surface area contributed by atoms with E-state index in [1.807, 2.05) is 4.68 Å². The summed E-state index contributed by atoms with van der Waals surface area (Å²) in [5.41, 5.74) is 1.46. The molecule has 1 aromatic heterocycles. The van der Waals surface area contributed by atoms with Crippen LogP contribution < -0.4 is 10.6 Å². The third kappa shape index (κ3) is 5.44. The van der Waals surface area contributed by atoms with Crippen molar-refractivity contribution in [3.8, 4) is 0 Å². The van der Waals surface area contributed by atoms with Gasteiger partial charge in [0.2, 0.25) is 0 Å². The molecule has 1 atom stereocenters. The first-order valence-corrected chi connectivity index (χ1v) is 8.52. The normalized spacial score (nSPS) is 20.6. The number of hydrogen-bond donors (Lipinski definition) is 2. The summed E-state index contributed by atoms with van der Waals surface area (Å²) >= 11 is 0. The van der Waals surface area contributed by atoms with Crippen LogP contribution in [0.1, 0.15) is 32.0 Å². The molecule has 0 radical (unpaired) electrons. The lowest BCUT2D eigenvalue weighted by molar-refractivity contribution is 0.153. The van der Waals surface area contributed by atoms with E-state index in [-0.39, 0.29) is 24.0 Å². The van der Waals surface area contributed by atoms with E-state index in [2.05, 4.69) is 33.7 Å². The quantitative estimate of drug-likeness (QED) is 0.311. The molecule has 24 heavy (non-hydrogen) atoms. The highest BCUT2D eigenvalue weighted by Gasteiger charge is 2.20. The maximum atomic E-state index is 5.34. The third-order valence-electron chi connectivity index (χ3n) is 4.25. The van der Waals surface area contributed by atoms with Gasteiger partial charge in [-0.15, -0.1) is 24.0 Å². The van der Waals surface area contributed by atoms with Crippen LogP contribution in [0.4, 0.5) is 0 Å². The van der Waals surface area contributed by atoms with Gasteiger partial charge in [-0.05, 0) is 26.2 Å². The van der Waals surface area contributed by atoms with E-state index >= 15 is 0 Å². The van der Waals surface area contributed by atoms with Gasteiger partial charge in [0.25, 0.3) is 0 Å². The first kappa shape index (κ1) is 19.2. The molecular formula is C16H27IN6O. The van der Waals surface area contributed by atoms with Crippen molar-refractivity contribution < 1.29 is 4.74 Å². The van der Waals surface area contributed by atoms with E-state index in [1.54, 1.807) is 6.33 Å². The van der Waals surface area contributed by atoms with E-state index in [4.69, 9.17) is 9.73 Å². The number of aromatic nitrogens is 3. The Balaban J connectivity index is 0.00000208. The van der Waals surface area contributed by atoms with Crippen molar-refractivity contribution in [3.63, 3.8) is 0 Å². The lowest BCUT2D eigenvalue weighted by Crippen LogP contribution is -2.47. The number of rotatable bonds is 5. The lowest BCUT2D eigenvalue weighted by atomic mass is 10.1. The fourth-order valence-electron chi connectivity index (χ4n) is 2.97. The lowest BCUT2D eigenvalue weighted by Gasteiger charge is -2.25. The zero-order valence-corrected chi connectivity index (χ0v) is 16.5. The van der Waals surface area contributed by atoms with Gasteiger partial charge in [-0.2, -0.15) is 5.10 Å². The SMILES string of the molecule is CCNC(=NCCC1=CCOCC1)NC1CCc2ncnn2C1.I. The van der Waals surface area contributed by atoms with Crippen molar-refractivity contribution in [1.82, 2.24) is 25.4 Å². The highest BCUT2D eigenvalue weighted by atomic mass is 127. The summed E-state index contributed by atoms with van der Waals surface area (Å²) in [5.74, 6) is 1.98. The smallest absolute Gasteiger partial charge is 0.191 e. The van der Waals surface area contributed by atoms with Crippen LogP contribution in [-0.4, -0.2) is 53.1 Å². The van der Waals surface area contributed by atoms with E-state index in [1.165, 1.54) is 5.57 Å². The average molecular weight is 446 g/mol. The number of guanidine groups is 1. The van der Waals surface area contributed by atoms with E-state index < -0.39 is 0 Å². The Morgan fingerprint density at radius 2 is 2.38 bits per heavy atom. The molecule has 1 aromatic rings. The van der Waals surface area contributed by atoms with Crippen molar-refractivity contribution in [2.45, 2.75) is 45.2 Å². The molecule has 2 N–H and O–H groups in total. The zero-order valence-electron chi connectivity index (χ0n) is 14.2. The average Bonchev–Trinajstić information content (AvgIpc) is 3.04. The summed E-state index contributed by atoms with van der Waals surface area (Å²) in [6.07, 6.45) is 7.90. The summed E-state index contributed by atoms with van der Waals surface area (Å²) < 4.78 is 7.32. The number of ether oxygens (including phenoxy) is 1. The van der Waals surface area contributed by atoms with Gasteiger partial charge in [-0.25, -0.2) is 9.67 Å². The topological polar surface area (TPSA) is 76.4 Å². The predicted octanol–water partition coefficient (Wildman–Crippen LogP) is 1.50. The molecule has 0 spiro atoms. The largest absolute Gasteiger partial charge is 0.377 e. The Hall–Kier alpha value is -1.16. The van der Waals surface area contributed by atoms with Gasteiger partial charge < -0.3 is 15.4 Å². The molecule has 0 amide bonds. The van der Waals surface area contributed by atoms with Crippen LogP contribution in [0, 0.1) is 0 Å². The number of nitrogens with zero attached hydrogens (tertiary/aromatic N) is 4. The first-order valence-electron chi connectivity index (χ1n) is 8.52. The number of fused-ring (bicyclic) bond motifs is 1. The Bertz CT molecular complexity index is 571. The van der Waals surface area contributed by atoms with Crippen molar-refractivity contribution in [2.24, 2.45) is 4.99 Å². The fourth-order valence-corrected chi connectivity index (χ4v) is 2.97.